The molecule has 0 radical (unpaired) electrons. The molecule has 0 aromatic heterocycles. The monoisotopic (exact) mass is 336 g/mol. The third-order valence-electron chi connectivity index (χ3n) is 6.19. The van der Waals surface area contributed by atoms with Crippen molar-refractivity contribution in [3.05, 3.63) is 0 Å². The Morgan fingerprint density at radius 1 is 1.04 bits per heavy atom. The molecule has 1 aliphatic heterocycles. The molecule has 24 heavy (non-hydrogen) atoms. The smallest absolute Gasteiger partial charge is 0.0667 e. The molecule has 2 N–H and O–H groups in total. The molecule has 0 spiro atoms. The zero-order chi connectivity index (χ0) is 18.0. The van der Waals surface area contributed by atoms with Gasteiger partial charge in [-0.2, -0.15) is 5.26 Å². The first-order valence-corrected chi connectivity index (χ1v) is 9.52. The van der Waals surface area contributed by atoms with E-state index in [9.17, 15) is 10.4 Å². The molecule has 0 amide bonds. The summed E-state index contributed by atoms with van der Waals surface area (Å²) >= 11 is 0. The van der Waals surface area contributed by atoms with E-state index in [4.69, 9.17) is 4.74 Å². The Morgan fingerprint density at radius 3 is 2.33 bits per heavy atom. The topological polar surface area (TPSA) is 65.3 Å². The van der Waals surface area contributed by atoms with Gasteiger partial charge in [0.15, 0.2) is 0 Å². The van der Waals surface area contributed by atoms with Gasteiger partial charge in [0.05, 0.1) is 24.9 Å². The fourth-order valence-corrected chi connectivity index (χ4v) is 4.18. The quantitative estimate of drug-likeness (QED) is 0.826. The van der Waals surface area contributed by atoms with Crippen molar-refractivity contribution in [2.75, 3.05) is 19.7 Å². The molecule has 5 atom stereocenters. The molecule has 1 aliphatic carbocycles. The van der Waals surface area contributed by atoms with Gasteiger partial charge in [-0.25, -0.2) is 0 Å². The molecular formula is C20H36N2O2. The molecule has 2 fully saturated rings. The average Bonchev–Trinajstić information content (AvgIpc) is 2.52. The number of ether oxygens (including phenoxy) is 1. The van der Waals surface area contributed by atoms with Crippen molar-refractivity contribution in [1.29, 1.82) is 5.26 Å². The molecule has 2 aliphatic rings. The Kier molecular flexibility index (Phi) is 6.34. The summed E-state index contributed by atoms with van der Waals surface area (Å²) in [4.78, 5) is 0. The van der Waals surface area contributed by atoms with Gasteiger partial charge < -0.3 is 15.2 Å². The summed E-state index contributed by atoms with van der Waals surface area (Å²) in [5.41, 5.74) is 0.259. The number of β-amino-alcohol motifs (C(OH)–C–C–N with tert-alkyl or cyclic N) is 1. The van der Waals surface area contributed by atoms with E-state index >= 15 is 0 Å². The van der Waals surface area contributed by atoms with E-state index in [1.54, 1.807) is 0 Å². The van der Waals surface area contributed by atoms with Crippen LogP contribution < -0.4 is 5.32 Å². The average molecular weight is 337 g/mol. The highest BCUT2D eigenvalue weighted by Crippen LogP contribution is 2.42. The number of hydrogen-bond acceptors (Lipinski definition) is 4. The highest BCUT2D eigenvalue weighted by Gasteiger charge is 2.38. The summed E-state index contributed by atoms with van der Waals surface area (Å²) in [6.07, 6.45) is 3.72. The Labute approximate surface area is 148 Å². The normalized spacial score (nSPS) is 35.5. The van der Waals surface area contributed by atoms with E-state index in [2.05, 4.69) is 46.0 Å². The maximum Gasteiger partial charge on any atom is 0.0667 e. The lowest BCUT2D eigenvalue weighted by Crippen LogP contribution is -2.47. The highest BCUT2D eigenvalue weighted by atomic mass is 16.5. The molecule has 1 heterocycles. The lowest BCUT2D eigenvalue weighted by molar-refractivity contribution is -0.0674. The van der Waals surface area contributed by atoms with E-state index in [0.29, 0.717) is 25.0 Å². The van der Waals surface area contributed by atoms with Crippen LogP contribution in [-0.2, 0) is 4.74 Å². The largest absolute Gasteiger partial charge is 0.392 e. The molecule has 1 saturated carbocycles. The van der Waals surface area contributed by atoms with Gasteiger partial charge in [0.25, 0.3) is 0 Å². The van der Waals surface area contributed by atoms with Gasteiger partial charge in [-0.05, 0) is 54.9 Å². The summed E-state index contributed by atoms with van der Waals surface area (Å²) in [5, 5.41) is 22.6. The number of nitrogens with zero attached hydrogens (tertiary/aromatic N) is 1. The van der Waals surface area contributed by atoms with Crippen molar-refractivity contribution >= 4 is 0 Å². The number of aliphatic hydroxyl groups excluding tert-OH is 1. The molecule has 4 nitrogen and oxygen atoms in total. The zero-order valence-electron chi connectivity index (χ0n) is 16.1. The third-order valence-corrected chi connectivity index (χ3v) is 6.19. The Balaban J connectivity index is 1.93. The van der Waals surface area contributed by atoms with Crippen LogP contribution in [0, 0.1) is 39.9 Å². The Morgan fingerprint density at radius 2 is 1.75 bits per heavy atom. The Hall–Kier alpha value is -0.630. The number of nitrogens with one attached hydrogen (secondary N) is 1. The van der Waals surface area contributed by atoms with Gasteiger partial charge in [0, 0.05) is 12.5 Å². The highest BCUT2D eigenvalue weighted by molar-refractivity contribution is 4.95. The van der Waals surface area contributed by atoms with Crippen LogP contribution in [0.5, 0.6) is 0 Å². The van der Waals surface area contributed by atoms with Crippen molar-refractivity contribution in [1.82, 2.24) is 5.32 Å². The van der Waals surface area contributed by atoms with Crippen LogP contribution in [0.1, 0.15) is 60.3 Å². The molecule has 4 heteroatoms. The molecule has 138 valence electrons. The number of piperidine rings is 1. The fourth-order valence-electron chi connectivity index (χ4n) is 4.18. The molecule has 0 aromatic carbocycles. The maximum atomic E-state index is 9.91. The van der Waals surface area contributed by atoms with E-state index in [1.165, 1.54) is 0 Å². The molecule has 0 aromatic rings. The first-order valence-electron chi connectivity index (χ1n) is 9.52. The van der Waals surface area contributed by atoms with Gasteiger partial charge in [-0.3, -0.25) is 0 Å². The van der Waals surface area contributed by atoms with Crippen molar-refractivity contribution in [3.8, 4) is 6.07 Å². The zero-order valence-corrected chi connectivity index (χ0v) is 16.1. The number of nitriles is 1. The summed E-state index contributed by atoms with van der Waals surface area (Å²) < 4.78 is 6.33. The van der Waals surface area contributed by atoms with Crippen LogP contribution in [0.2, 0.25) is 0 Å². The van der Waals surface area contributed by atoms with Crippen LogP contribution in [0.4, 0.5) is 0 Å². The second kappa shape index (κ2) is 7.72. The van der Waals surface area contributed by atoms with E-state index < -0.39 is 0 Å². The van der Waals surface area contributed by atoms with E-state index in [1.807, 2.05) is 0 Å². The van der Waals surface area contributed by atoms with Crippen LogP contribution in [0.25, 0.3) is 0 Å². The second-order valence-electron chi connectivity index (χ2n) is 9.76. The number of aliphatic hydroxyl groups is 1. The van der Waals surface area contributed by atoms with Crippen molar-refractivity contribution in [2.45, 2.75) is 72.5 Å². The number of hydrogen-bond donors (Lipinski definition) is 2. The third kappa shape index (κ3) is 5.18. The lowest BCUT2D eigenvalue weighted by Gasteiger charge is -2.42. The summed E-state index contributed by atoms with van der Waals surface area (Å²) in [5.74, 6) is 1.09. The van der Waals surface area contributed by atoms with Crippen molar-refractivity contribution in [2.24, 2.45) is 28.6 Å². The predicted octanol–water partition coefficient (Wildman–Crippen LogP) is 3.35. The number of rotatable bonds is 4. The van der Waals surface area contributed by atoms with Crippen LogP contribution >= 0.6 is 0 Å². The van der Waals surface area contributed by atoms with Gasteiger partial charge in [-0.15, -0.1) is 0 Å². The van der Waals surface area contributed by atoms with E-state index in [0.717, 1.165) is 32.2 Å². The summed E-state index contributed by atoms with van der Waals surface area (Å²) in [7, 11) is 0. The van der Waals surface area contributed by atoms with Gasteiger partial charge in [0.2, 0.25) is 0 Å². The summed E-state index contributed by atoms with van der Waals surface area (Å²) in [6.45, 7) is 13.6. The first-order chi connectivity index (χ1) is 11.1. The predicted molar refractivity (Wildman–Crippen MR) is 96.4 cm³/mol. The fraction of sp³-hybridized carbons (Fsp3) is 0.950. The summed E-state index contributed by atoms with van der Waals surface area (Å²) in [6, 6.07) is 2.48. The first kappa shape index (κ1) is 19.7. The molecule has 1 saturated heterocycles. The minimum Gasteiger partial charge on any atom is -0.392 e. The molecule has 0 bridgehead atoms. The van der Waals surface area contributed by atoms with E-state index in [-0.39, 0.29) is 29.0 Å². The van der Waals surface area contributed by atoms with Gasteiger partial charge in [0.1, 0.15) is 0 Å². The maximum absolute atomic E-state index is 9.91. The minimum atomic E-state index is -0.244. The van der Waals surface area contributed by atoms with Gasteiger partial charge in [-0.1, -0.05) is 34.6 Å². The lowest BCUT2D eigenvalue weighted by atomic mass is 9.68. The molecule has 2 rings (SSSR count). The SMILES string of the molecule is CC(C)(C)C1CC(C#N)CC(OCC(C)(C)C2CNCC(O)C2)C1. The molecular weight excluding hydrogens is 300 g/mol. The minimum absolute atomic E-state index is 0.0330. The van der Waals surface area contributed by atoms with Crippen LogP contribution in [0.3, 0.4) is 0 Å². The Bertz CT molecular complexity index is 450. The second-order valence-corrected chi connectivity index (χ2v) is 9.76. The van der Waals surface area contributed by atoms with Gasteiger partial charge >= 0.3 is 0 Å². The van der Waals surface area contributed by atoms with Crippen LogP contribution in [-0.4, -0.2) is 37.0 Å². The van der Waals surface area contributed by atoms with Crippen molar-refractivity contribution < 1.29 is 9.84 Å². The van der Waals surface area contributed by atoms with Crippen LogP contribution in [0.15, 0.2) is 0 Å². The standard InChI is InChI=1S/C20H36N2O2/c1-19(2,3)15-6-14(10-21)7-18(9-15)24-13-20(4,5)16-8-17(23)12-22-11-16/h14-18,22-23H,6-9,11-13H2,1-5H3. The van der Waals surface area contributed by atoms with Crippen molar-refractivity contribution in [3.63, 3.8) is 0 Å². The molecule has 5 unspecified atom stereocenters.